The Bertz CT molecular complexity index is 647. The van der Waals surface area contributed by atoms with Crippen LogP contribution < -0.4 is 0 Å². The van der Waals surface area contributed by atoms with Gasteiger partial charge in [-0.2, -0.15) is 0 Å². The van der Waals surface area contributed by atoms with Crippen molar-refractivity contribution in [2.24, 2.45) is 11.8 Å². The number of methoxy groups -OCH3 is 1. The summed E-state index contributed by atoms with van der Waals surface area (Å²) in [7, 11) is 1.19. The highest BCUT2D eigenvalue weighted by Gasteiger charge is 2.55. The largest absolute Gasteiger partial charge is 0.471 e. The number of aliphatic hydroxyl groups is 6. The van der Waals surface area contributed by atoms with Crippen LogP contribution in [0.3, 0.4) is 0 Å². The van der Waals surface area contributed by atoms with Crippen LogP contribution in [0.5, 0.6) is 0 Å². The Morgan fingerprint density at radius 2 is 1.89 bits per heavy atom. The first-order valence-electron chi connectivity index (χ1n) is 8.69. The van der Waals surface area contributed by atoms with E-state index in [-0.39, 0.29) is 5.57 Å². The molecule has 0 aromatic carbocycles. The summed E-state index contributed by atoms with van der Waals surface area (Å²) in [5, 5.41) is 59.5. The average Bonchev–Trinajstić information content (AvgIpc) is 3.06. The molecule has 11 nitrogen and oxygen atoms in total. The third-order valence-electron chi connectivity index (χ3n) is 5.33. The molecule has 0 amide bonds. The maximum Gasteiger partial charge on any atom is 0.337 e. The van der Waals surface area contributed by atoms with Crippen molar-refractivity contribution < 1.29 is 54.4 Å². The van der Waals surface area contributed by atoms with Crippen molar-refractivity contribution in [2.45, 2.75) is 42.6 Å². The summed E-state index contributed by atoms with van der Waals surface area (Å²) in [6.07, 6.45) is -4.99. The number of hydrogen-bond donors (Lipinski definition) is 6. The van der Waals surface area contributed by atoms with Gasteiger partial charge in [0.2, 0.25) is 6.29 Å². The van der Waals surface area contributed by atoms with Gasteiger partial charge in [-0.15, -0.1) is 0 Å². The third kappa shape index (κ3) is 3.44. The van der Waals surface area contributed by atoms with E-state index in [1.807, 2.05) is 0 Å². The van der Waals surface area contributed by atoms with Gasteiger partial charge in [-0.1, -0.05) is 12.2 Å². The second-order valence-corrected chi connectivity index (χ2v) is 6.96. The van der Waals surface area contributed by atoms with Crippen LogP contribution in [0.4, 0.5) is 0 Å². The molecule has 6 N–H and O–H groups in total. The molecule has 3 rings (SSSR count). The topological polar surface area (TPSA) is 175 Å². The van der Waals surface area contributed by atoms with E-state index in [1.54, 1.807) is 0 Å². The number of carbonyl (C=O) groups is 1. The van der Waals surface area contributed by atoms with E-state index in [0.717, 1.165) is 6.26 Å². The lowest BCUT2D eigenvalue weighted by Gasteiger charge is -2.44. The minimum atomic E-state index is -1.79. The smallest absolute Gasteiger partial charge is 0.337 e. The Morgan fingerprint density at radius 3 is 2.50 bits per heavy atom. The molecule has 2 heterocycles. The minimum Gasteiger partial charge on any atom is -0.471 e. The van der Waals surface area contributed by atoms with Gasteiger partial charge in [-0.25, -0.2) is 4.79 Å². The van der Waals surface area contributed by atoms with Crippen LogP contribution in [0, 0.1) is 11.8 Å². The molecule has 158 valence electrons. The molecule has 0 saturated carbocycles. The fourth-order valence-corrected chi connectivity index (χ4v) is 3.71. The Morgan fingerprint density at radius 1 is 1.18 bits per heavy atom. The zero-order chi connectivity index (χ0) is 20.6. The Balaban J connectivity index is 1.85. The molecule has 0 aromatic rings. The highest BCUT2D eigenvalue weighted by atomic mass is 16.8. The van der Waals surface area contributed by atoms with E-state index in [0.29, 0.717) is 0 Å². The standard InChI is InChI=1S/C17H24O11/c1-25-14(23)8-5-26-15(10-7(8)2-3-17(10,24)6-19)28-16-13(22)12(21)11(20)9(4-18)27-16/h2-3,5,7,9-13,15-16,18-22,24H,4,6H2,1H3/t7-,9+,10+,11-,12-,13+,15+,16-,17-/m1/s1. The first-order chi connectivity index (χ1) is 13.3. The van der Waals surface area contributed by atoms with E-state index in [1.165, 1.54) is 19.3 Å². The SMILES string of the molecule is COC(=O)C1=CO[C@@H](O[C@H]2O[C@@H](CO)[C@@H](O)[C@@H](O)[C@@H]2O)[C@@H]2[C@@H]1C=C[C@@]2(O)CO. The monoisotopic (exact) mass is 404 g/mol. The van der Waals surface area contributed by atoms with E-state index < -0.39 is 73.6 Å². The molecule has 1 aliphatic carbocycles. The molecule has 11 heteroatoms. The molecule has 1 saturated heterocycles. The third-order valence-corrected chi connectivity index (χ3v) is 5.33. The summed E-state index contributed by atoms with van der Waals surface area (Å²) < 4.78 is 21.0. The molecular formula is C17H24O11. The number of allylic oxidation sites excluding steroid dienone is 1. The van der Waals surface area contributed by atoms with Gasteiger partial charge in [-0.05, 0) is 0 Å². The number of carbonyl (C=O) groups excluding carboxylic acids is 1. The lowest BCUT2D eigenvalue weighted by Crippen LogP contribution is -2.61. The Labute approximate surface area is 160 Å². The van der Waals surface area contributed by atoms with Crippen LogP contribution >= 0.6 is 0 Å². The van der Waals surface area contributed by atoms with E-state index in [2.05, 4.69) is 0 Å². The average molecular weight is 404 g/mol. The van der Waals surface area contributed by atoms with Gasteiger partial charge in [0.05, 0.1) is 38.1 Å². The van der Waals surface area contributed by atoms with Gasteiger partial charge in [-0.3, -0.25) is 0 Å². The number of esters is 1. The number of fused-ring (bicyclic) bond motifs is 1. The highest BCUT2D eigenvalue weighted by Crippen LogP contribution is 2.45. The summed E-state index contributed by atoms with van der Waals surface area (Å²) in [6, 6.07) is 0. The van der Waals surface area contributed by atoms with Crippen LogP contribution in [0.25, 0.3) is 0 Å². The van der Waals surface area contributed by atoms with Crippen LogP contribution in [-0.2, 0) is 23.7 Å². The first-order valence-corrected chi connectivity index (χ1v) is 8.69. The van der Waals surface area contributed by atoms with Gasteiger partial charge < -0.3 is 49.6 Å². The molecular weight excluding hydrogens is 380 g/mol. The van der Waals surface area contributed by atoms with Crippen molar-refractivity contribution in [3.8, 4) is 0 Å². The number of rotatable bonds is 5. The Kier molecular flexibility index (Phi) is 6.08. The molecule has 0 radical (unpaired) electrons. The van der Waals surface area contributed by atoms with Gasteiger partial charge in [0.1, 0.15) is 30.0 Å². The van der Waals surface area contributed by atoms with Crippen molar-refractivity contribution in [1.82, 2.24) is 0 Å². The van der Waals surface area contributed by atoms with Gasteiger partial charge in [0, 0.05) is 5.92 Å². The molecule has 0 spiro atoms. The molecule has 2 aliphatic heterocycles. The normalized spacial score (nSPS) is 45.2. The van der Waals surface area contributed by atoms with Crippen LogP contribution in [0.15, 0.2) is 24.0 Å². The Hall–Kier alpha value is -1.57. The summed E-state index contributed by atoms with van der Waals surface area (Å²) in [6.45, 7) is -1.34. The van der Waals surface area contributed by atoms with Crippen molar-refractivity contribution in [2.75, 3.05) is 20.3 Å². The van der Waals surface area contributed by atoms with E-state index in [9.17, 15) is 35.4 Å². The lowest BCUT2D eigenvalue weighted by atomic mass is 9.79. The van der Waals surface area contributed by atoms with Crippen molar-refractivity contribution in [3.63, 3.8) is 0 Å². The van der Waals surface area contributed by atoms with Crippen molar-refractivity contribution >= 4 is 5.97 Å². The van der Waals surface area contributed by atoms with Crippen LogP contribution in [-0.4, -0.2) is 99.5 Å². The van der Waals surface area contributed by atoms with Gasteiger partial charge >= 0.3 is 5.97 Å². The van der Waals surface area contributed by atoms with Crippen molar-refractivity contribution in [1.29, 1.82) is 0 Å². The number of ether oxygens (including phenoxy) is 4. The lowest BCUT2D eigenvalue weighted by molar-refractivity contribution is -0.346. The maximum absolute atomic E-state index is 12.0. The van der Waals surface area contributed by atoms with E-state index in [4.69, 9.17) is 18.9 Å². The van der Waals surface area contributed by atoms with Gasteiger partial charge in [0.25, 0.3) is 0 Å². The van der Waals surface area contributed by atoms with Crippen molar-refractivity contribution in [3.05, 3.63) is 24.0 Å². The fraction of sp³-hybridized carbons (Fsp3) is 0.706. The number of aliphatic hydroxyl groups excluding tert-OH is 5. The molecule has 28 heavy (non-hydrogen) atoms. The minimum absolute atomic E-state index is 0.0989. The predicted molar refractivity (Wildman–Crippen MR) is 88.0 cm³/mol. The quantitative estimate of drug-likeness (QED) is 0.200. The fourth-order valence-electron chi connectivity index (χ4n) is 3.71. The highest BCUT2D eigenvalue weighted by molar-refractivity contribution is 5.89. The molecule has 0 unspecified atom stereocenters. The van der Waals surface area contributed by atoms with Gasteiger partial charge in [0.15, 0.2) is 6.29 Å². The predicted octanol–water partition coefficient (Wildman–Crippen LogP) is -3.26. The molecule has 9 atom stereocenters. The molecule has 1 fully saturated rings. The second kappa shape index (κ2) is 8.05. The summed E-state index contributed by atoms with van der Waals surface area (Å²) in [5.74, 6) is -2.40. The summed E-state index contributed by atoms with van der Waals surface area (Å²) in [4.78, 5) is 12.0. The van der Waals surface area contributed by atoms with E-state index >= 15 is 0 Å². The summed E-state index contributed by atoms with van der Waals surface area (Å²) in [5.41, 5.74) is -1.70. The number of hydrogen-bond acceptors (Lipinski definition) is 11. The molecule has 0 aromatic heterocycles. The maximum atomic E-state index is 12.0. The van der Waals surface area contributed by atoms with Crippen LogP contribution in [0.1, 0.15) is 0 Å². The molecule has 0 bridgehead atoms. The summed E-state index contributed by atoms with van der Waals surface area (Å²) >= 11 is 0. The molecule has 3 aliphatic rings. The second-order valence-electron chi connectivity index (χ2n) is 6.96. The zero-order valence-electron chi connectivity index (χ0n) is 15.0. The van der Waals surface area contributed by atoms with Crippen LogP contribution in [0.2, 0.25) is 0 Å². The zero-order valence-corrected chi connectivity index (χ0v) is 15.0. The first kappa shape index (κ1) is 21.1.